The Morgan fingerprint density at radius 1 is 1.15 bits per heavy atom. The topological polar surface area (TPSA) is 37.8 Å². The van der Waals surface area contributed by atoms with Gasteiger partial charge in [0, 0.05) is 10.5 Å². The van der Waals surface area contributed by atoms with Crippen molar-refractivity contribution in [3.8, 4) is 0 Å². The molecule has 1 N–H and O–H groups in total. The molecule has 0 spiro atoms. The van der Waals surface area contributed by atoms with Gasteiger partial charge in [0.15, 0.2) is 5.69 Å². The van der Waals surface area contributed by atoms with E-state index in [1.54, 1.807) is 0 Å². The van der Waals surface area contributed by atoms with Crippen LogP contribution in [-0.2, 0) is 6.18 Å². The lowest BCUT2D eigenvalue weighted by molar-refractivity contribution is -0.141. The molecule has 2 rings (SSSR count). The van der Waals surface area contributed by atoms with Crippen LogP contribution in [-0.4, -0.2) is 9.97 Å². The van der Waals surface area contributed by atoms with Crippen LogP contribution in [0.1, 0.15) is 5.69 Å². The van der Waals surface area contributed by atoms with Gasteiger partial charge in [0.1, 0.15) is 11.6 Å². The summed E-state index contributed by atoms with van der Waals surface area (Å²) in [6.45, 7) is 0. The fourth-order valence-corrected chi connectivity index (χ4v) is 1.99. The molecule has 1 aromatic heterocycles. The standard InChI is InChI=1S/C11H5BrClF4N3/c12-6-3-5(14)1-2-7(6)18-9-4-8(11(15,16)17)19-10(13)20-9/h1-4H,(H,18,19,20). The average Bonchev–Trinajstić information content (AvgIpc) is 2.31. The van der Waals surface area contributed by atoms with Crippen LogP contribution in [0.5, 0.6) is 0 Å². The predicted molar refractivity (Wildman–Crippen MR) is 69.4 cm³/mol. The molecule has 20 heavy (non-hydrogen) atoms. The van der Waals surface area contributed by atoms with Gasteiger partial charge in [-0.2, -0.15) is 13.2 Å². The summed E-state index contributed by atoms with van der Waals surface area (Å²) in [7, 11) is 0. The average molecular weight is 371 g/mol. The molecule has 0 atom stereocenters. The van der Waals surface area contributed by atoms with E-state index in [2.05, 4.69) is 31.2 Å². The molecule has 0 bridgehead atoms. The van der Waals surface area contributed by atoms with Gasteiger partial charge in [-0.3, -0.25) is 0 Å². The van der Waals surface area contributed by atoms with Crippen molar-refractivity contribution < 1.29 is 17.6 Å². The molecule has 0 aliphatic rings. The number of alkyl halides is 3. The smallest absolute Gasteiger partial charge is 0.339 e. The minimum Gasteiger partial charge on any atom is -0.339 e. The Morgan fingerprint density at radius 2 is 1.85 bits per heavy atom. The molecule has 2 aromatic rings. The van der Waals surface area contributed by atoms with Crippen molar-refractivity contribution in [1.29, 1.82) is 0 Å². The van der Waals surface area contributed by atoms with Crippen LogP contribution in [0.25, 0.3) is 0 Å². The number of rotatable bonds is 2. The van der Waals surface area contributed by atoms with Crippen LogP contribution in [0.15, 0.2) is 28.7 Å². The molecule has 0 amide bonds. The summed E-state index contributed by atoms with van der Waals surface area (Å²) in [6.07, 6.45) is -4.64. The van der Waals surface area contributed by atoms with Gasteiger partial charge in [-0.05, 0) is 45.7 Å². The number of anilines is 2. The summed E-state index contributed by atoms with van der Waals surface area (Å²) in [4.78, 5) is 6.74. The number of nitrogens with one attached hydrogen (secondary N) is 1. The van der Waals surface area contributed by atoms with Gasteiger partial charge < -0.3 is 5.32 Å². The highest BCUT2D eigenvalue weighted by atomic mass is 79.9. The quantitative estimate of drug-likeness (QED) is 0.610. The molecule has 3 nitrogen and oxygen atoms in total. The van der Waals surface area contributed by atoms with E-state index in [9.17, 15) is 17.6 Å². The van der Waals surface area contributed by atoms with Gasteiger partial charge >= 0.3 is 6.18 Å². The van der Waals surface area contributed by atoms with Crippen molar-refractivity contribution in [3.63, 3.8) is 0 Å². The number of hydrogen-bond donors (Lipinski definition) is 1. The summed E-state index contributed by atoms with van der Waals surface area (Å²) in [5.74, 6) is -0.635. The first kappa shape index (κ1) is 15.0. The number of aromatic nitrogens is 2. The van der Waals surface area contributed by atoms with Crippen LogP contribution >= 0.6 is 27.5 Å². The maximum Gasteiger partial charge on any atom is 0.433 e. The Bertz CT molecular complexity index is 648. The Hall–Kier alpha value is -1.41. The van der Waals surface area contributed by atoms with Gasteiger partial charge in [0.2, 0.25) is 5.28 Å². The van der Waals surface area contributed by atoms with Crippen molar-refractivity contribution in [1.82, 2.24) is 9.97 Å². The minimum absolute atomic E-state index is 0.148. The normalized spacial score (nSPS) is 11.5. The fourth-order valence-electron chi connectivity index (χ4n) is 1.36. The molecule has 0 saturated carbocycles. The van der Waals surface area contributed by atoms with Crippen LogP contribution in [0.2, 0.25) is 5.28 Å². The van der Waals surface area contributed by atoms with E-state index in [0.717, 1.165) is 12.1 Å². The lowest BCUT2D eigenvalue weighted by Crippen LogP contribution is -2.10. The Kier molecular flexibility index (Phi) is 4.14. The molecule has 0 aliphatic heterocycles. The third-order valence-corrected chi connectivity index (χ3v) is 3.01. The molecule has 0 radical (unpaired) electrons. The Labute approximate surface area is 124 Å². The second-order valence-electron chi connectivity index (χ2n) is 3.65. The van der Waals surface area contributed by atoms with Crippen molar-refractivity contribution in [3.05, 3.63) is 45.5 Å². The van der Waals surface area contributed by atoms with Crippen molar-refractivity contribution in [2.24, 2.45) is 0 Å². The highest BCUT2D eigenvalue weighted by Crippen LogP contribution is 2.31. The lowest BCUT2D eigenvalue weighted by atomic mass is 10.3. The van der Waals surface area contributed by atoms with E-state index in [1.807, 2.05) is 0 Å². The van der Waals surface area contributed by atoms with E-state index >= 15 is 0 Å². The van der Waals surface area contributed by atoms with E-state index in [4.69, 9.17) is 11.6 Å². The van der Waals surface area contributed by atoms with Crippen molar-refractivity contribution in [2.45, 2.75) is 6.18 Å². The summed E-state index contributed by atoms with van der Waals surface area (Å²) in [5, 5.41) is 2.06. The number of halogens is 6. The number of nitrogens with zero attached hydrogens (tertiary/aromatic N) is 2. The largest absolute Gasteiger partial charge is 0.433 e. The molecular formula is C11H5BrClF4N3. The second-order valence-corrected chi connectivity index (χ2v) is 4.85. The number of hydrogen-bond acceptors (Lipinski definition) is 3. The summed E-state index contributed by atoms with van der Waals surface area (Å²) >= 11 is 8.53. The zero-order valence-corrected chi connectivity index (χ0v) is 11.8. The maximum absolute atomic E-state index is 12.9. The lowest BCUT2D eigenvalue weighted by Gasteiger charge is -2.11. The molecule has 0 saturated heterocycles. The van der Waals surface area contributed by atoms with Crippen LogP contribution in [0.4, 0.5) is 29.1 Å². The van der Waals surface area contributed by atoms with E-state index in [0.29, 0.717) is 16.2 Å². The highest BCUT2D eigenvalue weighted by Gasteiger charge is 2.33. The second kappa shape index (κ2) is 5.53. The first-order chi connectivity index (χ1) is 9.25. The molecule has 1 aromatic carbocycles. The van der Waals surface area contributed by atoms with Gasteiger partial charge in [0.25, 0.3) is 0 Å². The van der Waals surface area contributed by atoms with E-state index in [-0.39, 0.29) is 5.82 Å². The van der Waals surface area contributed by atoms with Crippen molar-refractivity contribution in [2.75, 3.05) is 5.32 Å². The van der Waals surface area contributed by atoms with Gasteiger partial charge in [-0.1, -0.05) is 0 Å². The minimum atomic E-state index is -4.64. The van der Waals surface area contributed by atoms with Gasteiger partial charge in [-0.25, -0.2) is 14.4 Å². The zero-order chi connectivity index (χ0) is 14.9. The molecule has 106 valence electrons. The third-order valence-electron chi connectivity index (χ3n) is 2.18. The SMILES string of the molecule is Fc1ccc(Nc2cc(C(F)(F)F)nc(Cl)n2)c(Br)c1. The summed E-state index contributed by atoms with van der Waals surface area (Å²) in [5.41, 5.74) is -0.826. The maximum atomic E-state index is 12.9. The third kappa shape index (κ3) is 3.57. The summed E-state index contributed by atoms with van der Waals surface area (Å²) in [6, 6.07) is 4.38. The molecular weight excluding hydrogens is 365 g/mol. The van der Waals surface area contributed by atoms with E-state index in [1.165, 1.54) is 6.07 Å². The first-order valence-electron chi connectivity index (χ1n) is 5.09. The molecule has 9 heteroatoms. The highest BCUT2D eigenvalue weighted by molar-refractivity contribution is 9.10. The molecule has 0 unspecified atom stereocenters. The number of benzene rings is 1. The molecule has 0 fully saturated rings. The predicted octanol–water partition coefficient (Wildman–Crippen LogP) is 4.79. The monoisotopic (exact) mass is 369 g/mol. The zero-order valence-electron chi connectivity index (χ0n) is 9.47. The fraction of sp³-hybridized carbons (Fsp3) is 0.0909. The Morgan fingerprint density at radius 3 is 2.45 bits per heavy atom. The van der Waals surface area contributed by atoms with Gasteiger partial charge in [0.05, 0.1) is 5.69 Å². The molecule has 0 aliphatic carbocycles. The van der Waals surface area contributed by atoms with Crippen LogP contribution in [0, 0.1) is 5.82 Å². The van der Waals surface area contributed by atoms with E-state index < -0.39 is 23.0 Å². The molecule has 1 heterocycles. The van der Waals surface area contributed by atoms with Crippen LogP contribution < -0.4 is 5.32 Å². The van der Waals surface area contributed by atoms with Crippen molar-refractivity contribution >= 4 is 39.0 Å². The van der Waals surface area contributed by atoms with Gasteiger partial charge in [-0.15, -0.1) is 0 Å². The Balaban J connectivity index is 2.36. The first-order valence-corrected chi connectivity index (χ1v) is 6.26. The summed E-state index contributed by atoms with van der Waals surface area (Å²) < 4.78 is 51.0. The van der Waals surface area contributed by atoms with Crippen LogP contribution in [0.3, 0.4) is 0 Å².